The molecule has 0 aliphatic carbocycles. The summed E-state index contributed by atoms with van der Waals surface area (Å²) in [5.74, 6) is -0.369. The SMILES string of the molecule is C=CC(=O)OCCCCOCCCCOCCCCOCCCCOCCCCOCCCCOCCCCOCCCCO. The van der Waals surface area contributed by atoms with Crippen molar-refractivity contribution in [3.8, 4) is 0 Å². The van der Waals surface area contributed by atoms with Crippen molar-refractivity contribution in [3.05, 3.63) is 12.7 Å². The first-order chi connectivity index (χ1) is 22.3. The summed E-state index contributed by atoms with van der Waals surface area (Å²) in [6.45, 7) is 15.0. The van der Waals surface area contributed by atoms with Crippen LogP contribution < -0.4 is 0 Å². The normalized spacial score (nSPS) is 11.3. The van der Waals surface area contributed by atoms with Crippen molar-refractivity contribution in [1.29, 1.82) is 0 Å². The Balaban J connectivity index is 3.05. The molecule has 10 heteroatoms. The number of aliphatic hydroxyl groups is 1. The van der Waals surface area contributed by atoms with Crippen molar-refractivity contribution in [2.75, 3.05) is 106 Å². The Morgan fingerprint density at radius 2 is 0.578 bits per heavy atom. The number of hydrogen-bond donors (Lipinski definition) is 1. The minimum absolute atomic E-state index is 0.248. The second kappa shape index (κ2) is 40.9. The fourth-order valence-corrected chi connectivity index (χ4v) is 4.02. The van der Waals surface area contributed by atoms with E-state index < -0.39 is 0 Å². The third-order valence-corrected chi connectivity index (χ3v) is 6.75. The molecule has 0 aromatic carbocycles. The van der Waals surface area contributed by atoms with Crippen molar-refractivity contribution in [2.45, 2.75) is 103 Å². The van der Waals surface area contributed by atoms with Gasteiger partial charge in [-0.2, -0.15) is 0 Å². The van der Waals surface area contributed by atoms with Crippen LogP contribution in [0.3, 0.4) is 0 Å². The molecule has 0 saturated heterocycles. The molecule has 0 aliphatic heterocycles. The summed E-state index contributed by atoms with van der Waals surface area (Å²) in [6.07, 6.45) is 17.0. The Morgan fingerprint density at radius 1 is 0.378 bits per heavy atom. The molecule has 0 radical (unpaired) electrons. The zero-order valence-electron chi connectivity index (χ0n) is 28.5. The van der Waals surface area contributed by atoms with Gasteiger partial charge in [-0.1, -0.05) is 6.58 Å². The first-order valence-electron chi connectivity index (χ1n) is 17.8. The number of rotatable bonds is 40. The van der Waals surface area contributed by atoms with Gasteiger partial charge in [0.15, 0.2) is 0 Å². The lowest BCUT2D eigenvalue weighted by Gasteiger charge is -2.07. The van der Waals surface area contributed by atoms with Crippen LogP contribution in [0.1, 0.15) is 103 Å². The molecule has 1 N–H and O–H groups in total. The molecule has 0 bridgehead atoms. The molecular formula is C35H68O10. The number of carbonyl (C=O) groups excluding carboxylic acids is 1. The van der Waals surface area contributed by atoms with Crippen molar-refractivity contribution >= 4 is 5.97 Å². The van der Waals surface area contributed by atoms with Crippen LogP contribution in [0.5, 0.6) is 0 Å². The molecule has 0 heterocycles. The van der Waals surface area contributed by atoms with Gasteiger partial charge in [0.2, 0.25) is 0 Å². The van der Waals surface area contributed by atoms with Crippen LogP contribution in [0.4, 0.5) is 0 Å². The average Bonchev–Trinajstić information content (AvgIpc) is 3.05. The maximum Gasteiger partial charge on any atom is 0.330 e. The summed E-state index contributed by atoms with van der Waals surface area (Å²) in [4.78, 5) is 10.9. The molecule has 10 nitrogen and oxygen atoms in total. The highest BCUT2D eigenvalue weighted by atomic mass is 16.5. The third kappa shape index (κ3) is 40.9. The van der Waals surface area contributed by atoms with Gasteiger partial charge in [-0.15, -0.1) is 0 Å². The highest BCUT2D eigenvalue weighted by molar-refractivity contribution is 5.81. The molecule has 0 spiro atoms. The fourth-order valence-electron chi connectivity index (χ4n) is 4.02. The van der Waals surface area contributed by atoms with E-state index in [-0.39, 0.29) is 12.6 Å². The second-order valence-electron chi connectivity index (χ2n) is 11.0. The summed E-state index contributed by atoms with van der Waals surface area (Å²) in [6, 6.07) is 0. The lowest BCUT2D eigenvalue weighted by Crippen LogP contribution is -2.05. The van der Waals surface area contributed by atoms with E-state index in [0.29, 0.717) is 13.2 Å². The molecule has 0 aliphatic rings. The number of carbonyl (C=O) groups is 1. The van der Waals surface area contributed by atoms with Crippen molar-refractivity contribution < 1.29 is 47.8 Å². The second-order valence-corrected chi connectivity index (χ2v) is 11.0. The number of unbranched alkanes of at least 4 members (excludes halogenated alkanes) is 8. The molecule has 0 aromatic rings. The monoisotopic (exact) mass is 648 g/mol. The summed E-state index contributed by atoms with van der Waals surface area (Å²) in [5.41, 5.74) is 0. The number of hydrogen-bond acceptors (Lipinski definition) is 10. The van der Waals surface area contributed by atoms with Gasteiger partial charge in [0.05, 0.1) is 6.61 Å². The Morgan fingerprint density at radius 3 is 0.778 bits per heavy atom. The van der Waals surface area contributed by atoms with E-state index in [4.69, 9.17) is 43.0 Å². The van der Waals surface area contributed by atoms with Crippen LogP contribution in [-0.4, -0.2) is 117 Å². The molecule has 0 aromatic heterocycles. The predicted octanol–water partition coefficient (Wildman–Crippen LogP) is 6.07. The first kappa shape index (κ1) is 43.9. The topological polar surface area (TPSA) is 111 Å². The van der Waals surface area contributed by atoms with Crippen LogP contribution in [0.25, 0.3) is 0 Å². The van der Waals surface area contributed by atoms with Gasteiger partial charge in [-0.25, -0.2) is 4.79 Å². The molecule has 45 heavy (non-hydrogen) atoms. The maximum absolute atomic E-state index is 10.9. The molecule has 0 saturated carbocycles. The Kier molecular flexibility index (Phi) is 39.9. The highest BCUT2D eigenvalue weighted by Gasteiger charge is 1.98. The van der Waals surface area contributed by atoms with Crippen LogP contribution >= 0.6 is 0 Å². The summed E-state index contributed by atoms with van der Waals surface area (Å²) in [7, 11) is 0. The van der Waals surface area contributed by atoms with Crippen molar-refractivity contribution in [3.63, 3.8) is 0 Å². The van der Waals surface area contributed by atoms with Gasteiger partial charge in [0.25, 0.3) is 0 Å². The standard InChI is InChI=1S/C35H68O10/c1-2-35(37)45-34-18-17-33-44-32-16-15-31-43-30-14-13-29-42-28-12-11-27-41-26-10-9-25-40-24-8-7-23-39-22-6-5-21-38-20-4-3-19-36/h2,36H,1,3-34H2. The molecule has 0 unspecified atom stereocenters. The molecular weight excluding hydrogens is 580 g/mol. The lowest BCUT2D eigenvalue weighted by atomic mass is 10.3. The Labute approximate surface area is 274 Å². The van der Waals surface area contributed by atoms with Crippen LogP contribution in [0.2, 0.25) is 0 Å². The van der Waals surface area contributed by atoms with Gasteiger partial charge in [-0.05, 0) is 103 Å². The van der Waals surface area contributed by atoms with E-state index in [1.807, 2.05) is 0 Å². The van der Waals surface area contributed by atoms with Gasteiger partial charge < -0.3 is 43.0 Å². The van der Waals surface area contributed by atoms with Crippen molar-refractivity contribution in [1.82, 2.24) is 0 Å². The molecule has 0 atom stereocenters. The van der Waals surface area contributed by atoms with E-state index in [1.165, 1.54) is 6.08 Å². The molecule has 0 rings (SSSR count). The number of esters is 1. The van der Waals surface area contributed by atoms with E-state index in [0.717, 1.165) is 189 Å². The summed E-state index contributed by atoms with van der Waals surface area (Å²) >= 11 is 0. The van der Waals surface area contributed by atoms with Crippen LogP contribution in [0.15, 0.2) is 12.7 Å². The quantitative estimate of drug-likeness (QED) is 0.0478. The van der Waals surface area contributed by atoms with E-state index >= 15 is 0 Å². The first-order valence-corrected chi connectivity index (χ1v) is 17.8. The van der Waals surface area contributed by atoms with Crippen LogP contribution in [0, 0.1) is 0 Å². The zero-order chi connectivity index (χ0) is 32.6. The highest BCUT2D eigenvalue weighted by Crippen LogP contribution is 2.01. The van der Waals surface area contributed by atoms with Gasteiger partial charge in [0.1, 0.15) is 0 Å². The van der Waals surface area contributed by atoms with E-state index in [2.05, 4.69) is 6.58 Å². The Hall–Kier alpha value is -1.11. The van der Waals surface area contributed by atoms with Gasteiger partial charge in [-0.3, -0.25) is 0 Å². The van der Waals surface area contributed by atoms with Crippen molar-refractivity contribution in [2.24, 2.45) is 0 Å². The van der Waals surface area contributed by atoms with Gasteiger partial charge >= 0.3 is 5.97 Å². The number of ether oxygens (including phenoxy) is 8. The zero-order valence-corrected chi connectivity index (χ0v) is 28.5. The Bertz CT molecular complexity index is 579. The minimum Gasteiger partial charge on any atom is -0.463 e. The number of aliphatic hydroxyl groups excluding tert-OH is 1. The summed E-state index contributed by atoms with van der Waals surface area (Å²) in [5, 5.41) is 8.71. The van der Waals surface area contributed by atoms with Gasteiger partial charge in [0, 0.05) is 105 Å². The molecule has 268 valence electrons. The smallest absolute Gasteiger partial charge is 0.330 e. The average molecular weight is 649 g/mol. The fraction of sp³-hybridized carbons (Fsp3) is 0.914. The lowest BCUT2D eigenvalue weighted by molar-refractivity contribution is -0.137. The molecule has 0 fully saturated rings. The van der Waals surface area contributed by atoms with E-state index in [1.54, 1.807) is 0 Å². The van der Waals surface area contributed by atoms with Crippen LogP contribution in [-0.2, 0) is 42.7 Å². The summed E-state index contributed by atoms with van der Waals surface area (Å²) < 4.78 is 44.5. The van der Waals surface area contributed by atoms with E-state index in [9.17, 15) is 4.79 Å². The molecule has 0 amide bonds. The predicted molar refractivity (Wildman–Crippen MR) is 178 cm³/mol. The maximum atomic E-state index is 10.9. The largest absolute Gasteiger partial charge is 0.463 e. The minimum atomic E-state index is -0.369. The third-order valence-electron chi connectivity index (χ3n) is 6.75.